The fourth-order valence-corrected chi connectivity index (χ4v) is 2.80. The number of alkyl carbamates (subject to hydrolysis) is 1. The Labute approximate surface area is 139 Å². The van der Waals surface area contributed by atoms with Crippen LogP contribution in [0.3, 0.4) is 0 Å². The van der Waals surface area contributed by atoms with Gasteiger partial charge in [-0.1, -0.05) is 12.1 Å². The van der Waals surface area contributed by atoms with Crippen LogP contribution in [0.2, 0.25) is 0 Å². The molecule has 0 fully saturated rings. The van der Waals surface area contributed by atoms with Crippen molar-refractivity contribution in [3.05, 3.63) is 29.3 Å². The monoisotopic (exact) mass is 320 g/mol. The van der Waals surface area contributed by atoms with E-state index in [1.807, 2.05) is 26.8 Å². The van der Waals surface area contributed by atoms with Crippen molar-refractivity contribution in [1.29, 1.82) is 0 Å². The lowest BCUT2D eigenvalue weighted by molar-refractivity contribution is 0.0525. The van der Waals surface area contributed by atoms with Gasteiger partial charge in [-0.3, -0.25) is 4.90 Å². The first-order valence-electron chi connectivity index (χ1n) is 8.23. The van der Waals surface area contributed by atoms with Crippen LogP contribution in [0.1, 0.15) is 38.3 Å². The van der Waals surface area contributed by atoms with E-state index in [1.165, 1.54) is 11.1 Å². The summed E-state index contributed by atoms with van der Waals surface area (Å²) >= 11 is 0. The number of rotatable bonds is 5. The van der Waals surface area contributed by atoms with Crippen molar-refractivity contribution in [3.63, 3.8) is 0 Å². The van der Waals surface area contributed by atoms with Crippen LogP contribution in [0, 0.1) is 0 Å². The van der Waals surface area contributed by atoms with Crippen LogP contribution in [0.4, 0.5) is 4.79 Å². The molecule has 0 spiro atoms. The highest BCUT2D eigenvalue weighted by Crippen LogP contribution is 2.27. The zero-order valence-corrected chi connectivity index (χ0v) is 14.6. The van der Waals surface area contributed by atoms with E-state index in [-0.39, 0.29) is 6.09 Å². The summed E-state index contributed by atoms with van der Waals surface area (Å²) in [6.07, 6.45) is 1.61. The van der Waals surface area contributed by atoms with Crippen molar-refractivity contribution in [3.8, 4) is 5.75 Å². The maximum absolute atomic E-state index is 11.6. The Morgan fingerprint density at radius 2 is 2.13 bits per heavy atom. The second-order valence-electron chi connectivity index (χ2n) is 6.91. The Bertz CT molecular complexity index is 523. The molecule has 0 atom stereocenters. The van der Waals surface area contributed by atoms with Gasteiger partial charge in [0.05, 0.1) is 7.11 Å². The molecule has 0 radical (unpaired) electrons. The van der Waals surface area contributed by atoms with E-state index in [2.05, 4.69) is 22.3 Å². The van der Waals surface area contributed by atoms with Gasteiger partial charge in [-0.15, -0.1) is 0 Å². The number of benzene rings is 1. The predicted octanol–water partition coefficient (Wildman–Crippen LogP) is 2.97. The normalized spacial score (nSPS) is 15.0. The third-order valence-corrected chi connectivity index (χ3v) is 3.85. The lowest BCUT2D eigenvalue weighted by atomic mass is 9.98. The van der Waals surface area contributed by atoms with Crippen molar-refractivity contribution >= 4 is 6.09 Å². The lowest BCUT2D eigenvalue weighted by Crippen LogP contribution is -2.36. The van der Waals surface area contributed by atoms with E-state index in [4.69, 9.17) is 9.47 Å². The highest BCUT2D eigenvalue weighted by molar-refractivity contribution is 5.67. The molecule has 0 aromatic heterocycles. The number of carbonyl (C=O) groups is 1. The van der Waals surface area contributed by atoms with Gasteiger partial charge in [0, 0.05) is 31.7 Å². The highest BCUT2D eigenvalue weighted by Gasteiger charge is 2.19. The molecule has 1 N–H and O–H groups in total. The smallest absolute Gasteiger partial charge is 0.407 e. The second kappa shape index (κ2) is 7.68. The molecule has 1 heterocycles. The molecule has 1 amide bonds. The van der Waals surface area contributed by atoms with Gasteiger partial charge in [0.15, 0.2) is 0 Å². The predicted molar refractivity (Wildman–Crippen MR) is 90.8 cm³/mol. The number of nitrogens with one attached hydrogen (secondary N) is 1. The first kappa shape index (κ1) is 17.6. The molecule has 1 aromatic carbocycles. The van der Waals surface area contributed by atoms with Crippen LogP contribution >= 0.6 is 0 Å². The van der Waals surface area contributed by atoms with E-state index >= 15 is 0 Å². The largest absolute Gasteiger partial charge is 0.496 e. The molecule has 0 saturated heterocycles. The van der Waals surface area contributed by atoms with Crippen LogP contribution in [-0.2, 0) is 17.7 Å². The van der Waals surface area contributed by atoms with E-state index < -0.39 is 5.60 Å². The topological polar surface area (TPSA) is 50.8 Å². The molecule has 1 aromatic rings. The molecule has 0 saturated carbocycles. The molecule has 5 nitrogen and oxygen atoms in total. The molecule has 128 valence electrons. The molecular formula is C18H28N2O3. The first-order chi connectivity index (χ1) is 10.9. The lowest BCUT2D eigenvalue weighted by Gasteiger charge is -2.29. The van der Waals surface area contributed by atoms with E-state index in [1.54, 1.807) is 7.11 Å². The number of carbonyl (C=O) groups excluding carboxylic acids is 1. The summed E-state index contributed by atoms with van der Waals surface area (Å²) in [5.74, 6) is 0.971. The maximum Gasteiger partial charge on any atom is 0.407 e. The van der Waals surface area contributed by atoms with Gasteiger partial charge in [-0.05, 0) is 45.2 Å². The number of amides is 1. The van der Waals surface area contributed by atoms with E-state index in [0.717, 1.165) is 38.2 Å². The Morgan fingerprint density at radius 3 is 2.83 bits per heavy atom. The van der Waals surface area contributed by atoms with Gasteiger partial charge in [0.2, 0.25) is 0 Å². The maximum atomic E-state index is 11.6. The molecule has 5 heteroatoms. The summed E-state index contributed by atoms with van der Waals surface area (Å²) in [6.45, 7) is 9.14. The third-order valence-electron chi connectivity index (χ3n) is 3.85. The SMILES string of the molecule is COc1cccc2c1CN(CCCNC(=O)OC(C)(C)C)CC2. The van der Waals surface area contributed by atoms with Crippen molar-refractivity contribution in [1.82, 2.24) is 10.2 Å². The van der Waals surface area contributed by atoms with Gasteiger partial charge in [0.25, 0.3) is 0 Å². The average molecular weight is 320 g/mol. The zero-order valence-electron chi connectivity index (χ0n) is 14.6. The molecule has 0 unspecified atom stereocenters. The Kier molecular flexibility index (Phi) is 5.88. The summed E-state index contributed by atoms with van der Waals surface area (Å²) in [5.41, 5.74) is 2.23. The number of methoxy groups -OCH3 is 1. The second-order valence-corrected chi connectivity index (χ2v) is 6.91. The fourth-order valence-electron chi connectivity index (χ4n) is 2.80. The van der Waals surface area contributed by atoms with E-state index in [0.29, 0.717) is 6.54 Å². The molecular weight excluding hydrogens is 292 g/mol. The van der Waals surface area contributed by atoms with Crippen molar-refractivity contribution in [2.75, 3.05) is 26.7 Å². The molecule has 1 aliphatic rings. The summed E-state index contributed by atoms with van der Waals surface area (Å²) in [4.78, 5) is 14.0. The summed E-state index contributed by atoms with van der Waals surface area (Å²) in [6, 6.07) is 6.25. The standard InChI is InChI=1S/C18H28N2O3/c1-18(2,3)23-17(21)19-10-6-11-20-12-9-14-7-5-8-16(22-4)15(14)13-20/h5,7-8H,6,9-13H2,1-4H3,(H,19,21). The number of fused-ring (bicyclic) bond motifs is 1. The number of ether oxygens (including phenoxy) is 2. The van der Waals surface area contributed by atoms with Crippen LogP contribution < -0.4 is 10.1 Å². The Morgan fingerprint density at radius 1 is 1.35 bits per heavy atom. The quantitative estimate of drug-likeness (QED) is 0.848. The Hall–Kier alpha value is -1.75. The minimum atomic E-state index is -0.447. The molecule has 0 aliphatic carbocycles. The van der Waals surface area contributed by atoms with Crippen molar-refractivity contribution in [2.45, 2.75) is 45.8 Å². The van der Waals surface area contributed by atoms with Gasteiger partial charge in [-0.25, -0.2) is 4.79 Å². The van der Waals surface area contributed by atoms with Crippen LogP contribution in [-0.4, -0.2) is 43.3 Å². The molecule has 2 rings (SSSR count). The van der Waals surface area contributed by atoms with Gasteiger partial charge in [-0.2, -0.15) is 0 Å². The summed E-state index contributed by atoms with van der Waals surface area (Å²) in [5, 5.41) is 2.81. The van der Waals surface area contributed by atoms with Crippen molar-refractivity contribution < 1.29 is 14.3 Å². The fraction of sp³-hybridized carbons (Fsp3) is 0.611. The van der Waals surface area contributed by atoms with Crippen LogP contribution in [0.25, 0.3) is 0 Å². The molecule has 1 aliphatic heterocycles. The van der Waals surface area contributed by atoms with Gasteiger partial charge < -0.3 is 14.8 Å². The number of nitrogens with zero attached hydrogens (tertiary/aromatic N) is 1. The number of hydrogen-bond acceptors (Lipinski definition) is 4. The highest BCUT2D eigenvalue weighted by atomic mass is 16.6. The van der Waals surface area contributed by atoms with E-state index in [9.17, 15) is 4.79 Å². The zero-order chi connectivity index (χ0) is 16.9. The number of hydrogen-bond donors (Lipinski definition) is 1. The summed E-state index contributed by atoms with van der Waals surface area (Å²) in [7, 11) is 1.72. The van der Waals surface area contributed by atoms with Gasteiger partial charge >= 0.3 is 6.09 Å². The minimum absolute atomic E-state index is 0.344. The first-order valence-corrected chi connectivity index (χ1v) is 8.23. The van der Waals surface area contributed by atoms with Crippen LogP contribution in [0.5, 0.6) is 5.75 Å². The summed E-state index contributed by atoms with van der Waals surface area (Å²) < 4.78 is 10.7. The third kappa shape index (κ3) is 5.43. The average Bonchev–Trinajstić information content (AvgIpc) is 2.49. The van der Waals surface area contributed by atoms with Crippen molar-refractivity contribution in [2.24, 2.45) is 0 Å². The van der Waals surface area contributed by atoms with Crippen LogP contribution in [0.15, 0.2) is 18.2 Å². The minimum Gasteiger partial charge on any atom is -0.496 e. The Balaban J connectivity index is 1.75. The molecule has 23 heavy (non-hydrogen) atoms. The van der Waals surface area contributed by atoms with Gasteiger partial charge in [0.1, 0.15) is 11.4 Å². The molecule has 0 bridgehead atoms.